The molecular formula is C18H25ClN2O3. The Bertz CT molecular complexity index is 580. The number of aromatic nitrogens is 1. The molecule has 0 radical (unpaired) electrons. The summed E-state index contributed by atoms with van der Waals surface area (Å²) < 4.78 is 11.2. The van der Waals surface area contributed by atoms with Gasteiger partial charge in [0.15, 0.2) is 0 Å². The Morgan fingerprint density at radius 1 is 1.29 bits per heavy atom. The van der Waals surface area contributed by atoms with E-state index in [0.29, 0.717) is 41.5 Å². The molecule has 0 bridgehead atoms. The van der Waals surface area contributed by atoms with Crippen molar-refractivity contribution in [1.82, 2.24) is 9.88 Å². The molecule has 24 heavy (non-hydrogen) atoms. The van der Waals surface area contributed by atoms with Crippen molar-refractivity contribution in [1.29, 1.82) is 0 Å². The molecule has 3 rings (SSSR count). The van der Waals surface area contributed by atoms with Gasteiger partial charge in [0, 0.05) is 32.1 Å². The third-order valence-electron chi connectivity index (χ3n) is 4.66. The summed E-state index contributed by atoms with van der Waals surface area (Å²) in [5, 5.41) is 0.394. The van der Waals surface area contributed by atoms with Gasteiger partial charge in [0.2, 0.25) is 5.88 Å². The second-order valence-corrected chi connectivity index (χ2v) is 7.50. The summed E-state index contributed by atoms with van der Waals surface area (Å²) in [5.74, 6) is 1.45. The second kappa shape index (κ2) is 7.70. The Hall–Kier alpha value is -1.33. The van der Waals surface area contributed by atoms with E-state index in [2.05, 4.69) is 18.8 Å². The van der Waals surface area contributed by atoms with Crippen LogP contribution in [0.25, 0.3) is 0 Å². The SMILES string of the molecule is CC1CC(C)CN(C(=O)c2cnc(OC3CCOCC3)c(Cl)c2)C1. The molecule has 132 valence electrons. The minimum atomic E-state index is 0.000386. The molecular weight excluding hydrogens is 328 g/mol. The van der Waals surface area contributed by atoms with Gasteiger partial charge in [-0.05, 0) is 24.3 Å². The van der Waals surface area contributed by atoms with Crippen LogP contribution in [-0.4, -0.2) is 48.2 Å². The summed E-state index contributed by atoms with van der Waals surface area (Å²) in [6.07, 6.45) is 4.49. The van der Waals surface area contributed by atoms with E-state index in [1.165, 1.54) is 6.42 Å². The van der Waals surface area contributed by atoms with Crippen molar-refractivity contribution in [2.45, 2.75) is 39.2 Å². The van der Waals surface area contributed by atoms with Gasteiger partial charge in [-0.25, -0.2) is 4.98 Å². The highest BCUT2D eigenvalue weighted by Gasteiger charge is 2.27. The van der Waals surface area contributed by atoms with Crippen LogP contribution in [0.3, 0.4) is 0 Å². The molecule has 2 fully saturated rings. The number of amides is 1. The third-order valence-corrected chi connectivity index (χ3v) is 4.93. The smallest absolute Gasteiger partial charge is 0.255 e. The normalized spacial score (nSPS) is 25.5. The van der Waals surface area contributed by atoms with Gasteiger partial charge < -0.3 is 14.4 Å². The molecule has 2 saturated heterocycles. The lowest BCUT2D eigenvalue weighted by Gasteiger charge is -2.35. The summed E-state index contributed by atoms with van der Waals surface area (Å²) >= 11 is 6.30. The highest BCUT2D eigenvalue weighted by atomic mass is 35.5. The van der Waals surface area contributed by atoms with Crippen LogP contribution in [0.2, 0.25) is 5.02 Å². The standard InChI is InChI=1S/C18H25ClN2O3/c1-12-7-13(2)11-21(10-12)18(22)14-8-16(19)17(20-9-14)24-15-3-5-23-6-4-15/h8-9,12-13,15H,3-7,10-11H2,1-2H3. The monoisotopic (exact) mass is 352 g/mol. The lowest BCUT2D eigenvalue weighted by Crippen LogP contribution is -2.42. The van der Waals surface area contributed by atoms with Gasteiger partial charge in [0.1, 0.15) is 11.1 Å². The fourth-order valence-electron chi connectivity index (χ4n) is 3.59. The predicted molar refractivity (Wildman–Crippen MR) is 92.6 cm³/mol. The summed E-state index contributed by atoms with van der Waals surface area (Å²) in [6, 6.07) is 1.68. The molecule has 0 aromatic carbocycles. The summed E-state index contributed by atoms with van der Waals surface area (Å²) in [6.45, 7) is 7.36. The largest absolute Gasteiger partial charge is 0.473 e. The van der Waals surface area contributed by atoms with Crippen molar-refractivity contribution in [3.63, 3.8) is 0 Å². The molecule has 1 amide bonds. The molecule has 0 N–H and O–H groups in total. The van der Waals surface area contributed by atoms with E-state index in [1.54, 1.807) is 12.3 Å². The van der Waals surface area contributed by atoms with Crippen LogP contribution in [-0.2, 0) is 4.74 Å². The van der Waals surface area contributed by atoms with Crippen LogP contribution >= 0.6 is 11.6 Å². The molecule has 5 nitrogen and oxygen atoms in total. The zero-order valence-corrected chi connectivity index (χ0v) is 15.1. The molecule has 1 aromatic heterocycles. The number of ether oxygens (including phenoxy) is 2. The van der Waals surface area contributed by atoms with Gasteiger partial charge in [0.25, 0.3) is 5.91 Å². The fraction of sp³-hybridized carbons (Fsp3) is 0.667. The van der Waals surface area contributed by atoms with Gasteiger partial charge in [-0.1, -0.05) is 25.4 Å². The number of carbonyl (C=O) groups excluding carboxylic acids is 1. The molecule has 2 atom stereocenters. The van der Waals surface area contributed by atoms with Gasteiger partial charge in [-0.15, -0.1) is 0 Å². The molecule has 2 aliphatic heterocycles. The Kier molecular flexibility index (Phi) is 5.61. The van der Waals surface area contributed by atoms with Crippen molar-refractivity contribution in [3.8, 4) is 5.88 Å². The van der Waals surface area contributed by atoms with Crippen LogP contribution in [0.15, 0.2) is 12.3 Å². The van der Waals surface area contributed by atoms with E-state index in [0.717, 1.165) is 25.9 Å². The van der Waals surface area contributed by atoms with Gasteiger partial charge in [0.05, 0.1) is 18.8 Å². The van der Waals surface area contributed by atoms with Crippen molar-refractivity contribution < 1.29 is 14.3 Å². The quantitative estimate of drug-likeness (QED) is 0.836. The first-order valence-corrected chi connectivity index (χ1v) is 9.10. The number of hydrogen-bond acceptors (Lipinski definition) is 4. The van der Waals surface area contributed by atoms with E-state index in [9.17, 15) is 4.79 Å². The van der Waals surface area contributed by atoms with Crippen LogP contribution in [0.4, 0.5) is 0 Å². The van der Waals surface area contributed by atoms with E-state index in [4.69, 9.17) is 21.1 Å². The van der Waals surface area contributed by atoms with Crippen molar-refractivity contribution >= 4 is 17.5 Å². The molecule has 2 aliphatic rings. The number of nitrogens with zero attached hydrogens (tertiary/aromatic N) is 2. The molecule has 0 aliphatic carbocycles. The average Bonchev–Trinajstić information content (AvgIpc) is 2.56. The number of pyridine rings is 1. The molecule has 2 unspecified atom stereocenters. The minimum absolute atomic E-state index is 0.000386. The number of piperidine rings is 1. The van der Waals surface area contributed by atoms with Gasteiger partial charge in [-0.2, -0.15) is 0 Å². The van der Waals surface area contributed by atoms with Crippen LogP contribution in [0.1, 0.15) is 43.5 Å². The zero-order chi connectivity index (χ0) is 17.1. The molecule has 6 heteroatoms. The maximum atomic E-state index is 12.7. The summed E-state index contributed by atoms with van der Waals surface area (Å²) in [5.41, 5.74) is 0.528. The Morgan fingerprint density at radius 2 is 1.96 bits per heavy atom. The van der Waals surface area contributed by atoms with E-state index < -0.39 is 0 Å². The van der Waals surface area contributed by atoms with Crippen LogP contribution in [0, 0.1) is 11.8 Å². The molecule has 0 saturated carbocycles. The summed E-state index contributed by atoms with van der Waals surface area (Å²) in [7, 11) is 0. The summed E-state index contributed by atoms with van der Waals surface area (Å²) in [4.78, 5) is 18.9. The maximum absolute atomic E-state index is 12.7. The fourth-order valence-corrected chi connectivity index (χ4v) is 3.80. The first-order chi connectivity index (χ1) is 11.5. The van der Waals surface area contributed by atoms with E-state index >= 15 is 0 Å². The maximum Gasteiger partial charge on any atom is 0.255 e. The average molecular weight is 353 g/mol. The topological polar surface area (TPSA) is 51.7 Å². The van der Waals surface area contributed by atoms with Crippen molar-refractivity contribution in [2.75, 3.05) is 26.3 Å². The van der Waals surface area contributed by atoms with Crippen LogP contribution in [0.5, 0.6) is 5.88 Å². The predicted octanol–water partition coefficient (Wildman–Crippen LogP) is 3.41. The van der Waals surface area contributed by atoms with E-state index in [1.807, 2.05) is 4.90 Å². The van der Waals surface area contributed by atoms with Gasteiger partial charge in [-0.3, -0.25) is 4.79 Å². The number of likely N-dealkylation sites (tertiary alicyclic amines) is 1. The first kappa shape index (κ1) is 17.5. The lowest BCUT2D eigenvalue weighted by atomic mass is 9.91. The molecule has 3 heterocycles. The minimum Gasteiger partial charge on any atom is -0.473 e. The Balaban J connectivity index is 1.68. The third kappa shape index (κ3) is 4.19. The molecule has 1 aromatic rings. The number of hydrogen-bond donors (Lipinski definition) is 0. The number of rotatable bonds is 3. The highest BCUT2D eigenvalue weighted by Crippen LogP contribution is 2.27. The zero-order valence-electron chi connectivity index (χ0n) is 14.3. The Labute approximate surface area is 148 Å². The first-order valence-electron chi connectivity index (χ1n) is 8.72. The van der Waals surface area contributed by atoms with Crippen LogP contribution < -0.4 is 4.74 Å². The van der Waals surface area contributed by atoms with Crippen molar-refractivity contribution in [2.24, 2.45) is 11.8 Å². The Morgan fingerprint density at radius 3 is 2.58 bits per heavy atom. The highest BCUT2D eigenvalue weighted by molar-refractivity contribution is 6.32. The second-order valence-electron chi connectivity index (χ2n) is 7.10. The lowest BCUT2D eigenvalue weighted by molar-refractivity contribution is 0.0237. The number of carbonyl (C=O) groups is 1. The van der Waals surface area contributed by atoms with Crippen molar-refractivity contribution in [3.05, 3.63) is 22.8 Å². The van der Waals surface area contributed by atoms with E-state index in [-0.39, 0.29) is 12.0 Å². The number of halogens is 1. The molecule has 0 spiro atoms. The van der Waals surface area contributed by atoms with Gasteiger partial charge >= 0.3 is 0 Å².